The van der Waals surface area contributed by atoms with E-state index >= 15 is 0 Å². The first kappa shape index (κ1) is 34.8. The second-order valence-electron chi connectivity index (χ2n) is 10.4. The summed E-state index contributed by atoms with van der Waals surface area (Å²) in [5, 5.41) is 22.8. The molecule has 1 aromatic heterocycles. The summed E-state index contributed by atoms with van der Waals surface area (Å²) < 4.78 is 171. The Kier molecular flexibility index (Phi) is 7.91. The van der Waals surface area contributed by atoms with Crippen LogP contribution in [0.4, 0.5) is 52.7 Å². The van der Waals surface area contributed by atoms with Gasteiger partial charge >= 0.3 is 0 Å². The van der Waals surface area contributed by atoms with Gasteiger partial charge in [-0.05, 0) is 6.07 Å². The highest BCUT2D eigenvalue weighted by Crippen LogP contribution is 2.29. The highest BCUT2D eigenvalue weighted by molar-refractivity contribution is 5.84. The number of aromatic nitrogens is 2. The summed E-state index contributed by atoms with van der Waals surface area (Å²) in [6.45, 7) is 0. The molecule has 4 aromatic rings. The van der Waals surface area contributed by atoms with Crippen LogP contribution < -0.4 is 32.1 Å². The third kappa shape index (κ3) is 4.92. The zero-order valence-corrected chi connectivity index (χ0v) is 25.0. The molecule has 0 atom stereocenters. The van der Waals surface area contributed by atoms with Crippen molar-refractivity contribution < 1.29 is 52.7 Å². The molecule has 4 heterocycles. The molecule has 0 saturated carbocycles. The van der Waals surface area contributed by atoms with E-state index in [4.69, 9.17) is 0 Å². The highest BCUT2D eigenvalue weighted by Gasteiger charge is 2.30. The maximum absolute atomic E-state index is 14.5. The molecule has 3 aliphatic rings. The zero-order valence-electron chi connectivity index (χ0n) is 25.0. The van der Waals surface area contributed by atoms with Crippen LogP contribution in [0.3, 0.4) is 0 Å². The topological polar surface area (TPSA) is 171 Å². The lowest BCUT2D eigenvalue weighted by molar-refractivity contribution is 0.399. The quantitative estimate of drug-likeness (QED) is 0.135. The van der Waals surface area contributed by atoms with Gasteiger partial charge in [0, 0.05) is 0 Å². The summed E-state index contributed by atoms with van der Waals surface area (Å²) in [7, 11) is 0. The van der Waals surface area contributed by atoms with Gasteiger partial charge in [-0.25, -0.2) is 92.6 Å². The molecule has 23 heteroatoms. The Hall–Kier alpha value is -7.61. The smallest absolute Gasteiger partial charge is 0.199 e. The van der Waals surface area contributed by atoms with Crippen LogP contribution in [0.1, 0.15) is 17.2 Å². The number of benzene rings is 3. The molecule has 54 heavy (non-hydrogen) atoms. The van der Waals surface area contributed by atoms with Crippen LogP contribution in [0.5, 0.6) is 0 Å². The lowest BCUT2D eigenvalue weighted by Gasteiger charge is -2.08. The normalized spacial score (nSPS) is 13.2. The molecule has 0 radical (unpaired) electrons. The first-order valence-corrected chi connectivity index (χ1v) is 13.8. The van der Waals surface area contributed by atoms with Crippen LogP contribution in [0.15, 0.2) is 53.5 Å². The second kappa shape index (κ2) is 12.3. The van der Waals surface area contributed by atoms with E-state index in [0.717, 1.165) is 0 Å². The summed E-state index contributed by atoms with van der Waals surface area (Å²) in [6, 6.07) is 5.01. The molecule has 11 nitrogen and oxygen atoms in total. The molecular formula is C31HF12N11. The van der Waals surface area contributed by atoms with Crippen molar-refractivity contribution in [1.29, 1.82) is 15.8 Å². The van der Waals surface area contributed by atoms with Crippen molar-refractivity contribution in [1.82, 2.24) is 9.97 Å². The van der Waals surface area contributed by atoms with Gasteiger partial charge in [0.1, 0.15) is 67.1 Å². The summed E-state index contributed by atoms with van der Waals surface area (Å²) in [5.41, 5.74) is -4.64. The molecule has 0 aliphatic carbocycles. The van der Waals surface area contributed by atoms with E-state index in [0.29, 0.717) is 6.07 Å². The largest absolute Gasteiger partial charge is 0.226 e. The number of rotatable bonds is 3. The molecule has 3 aliphatic heterocycles. The summed E-state index contributed by atoms with van der Waals surface area (Å²) in [5.74, 6) is -30.1. The number of nitriles is 3. The van der Waals surface area contributed by atoms with Crippen LogP contribution in [-0.2, 0) is 0 Å². The van der Waals surface area contributed by atoms with E-state index < -0.39 is 153 Å². The van der Waals surface area contributed by atoms with Gasteiger partial charge < -0.3 is 0 Å². The van der Waals surface area contributed by atoms with Crippen molar-refractivity contribution in [3.8, 4) is 18.2 Å². The number of hydrogen-bond donors (Lipinski definition) is 0. The molecule has 0 N–H and O–H groups in total. The lowest BCUT2D eigenvalue weighted by atomic mass is 10.1. The summed E-state index contributed by atoms with van der Waals surface area (Å²) >= 11 is 0. The van der Waals surface area contributed by atoms with E-state index in [-0.39, 0.29) is 0 Å². The van der Waals surface area contributed by atoms with Crippen molar-refractivity contribution in [3.05, 3.63) is 143 Å². The van der Waals surface area contributed by atoms with Crippen molar-refractivity contribution in [2.75, 3.05) is 0 Å². The Labute approximate surface area is 286 Å². The fraction of sp³-hybridized carbons (Fsp3) is 0. The Morgan fingerprint density at radius 1 is 0.352 bits per heavy atom. The van der Waals surface area contributed by atoms with Crippen molar-refractivity contribution in [2.24, 2.45) is 30.0 Å². The number of fused-ring (bicyclic) bond motifs is 3. The van der Waals surface area contributed by atoms with E-state index in [1.54, 1.807) is 0 Å². The number of allylic oxidation sites excluding steroid dienone is 3. The van der Waals surface area contributed by atoms with Gasteiger partial charge in [-0.2, -0.15) is 15.8 Å². The first-order chi connectivity index (χ1) is 25.6. The minimum absolute atomic E-state index is 0.645. The third-order valence-corrected chi connectivity index (χ3v) is 7.43. The van der Waals surface area contributed by atoms with Crippen molar-refractivity contribution in [2.45, 2.75) is 0 Å². The molecule has 0 spiro atoms. The minimum Gasteiger partial charge on any atom is -0.226 e. The van der Waals surface area contributed by atoms with E-state index in [9.17, 15) is 68.5 Å². The standard InChI is InChI=1S/C31HF12N11/c32-10-11(33)17(39)23-22(16(10)38)49-28(50-23)5(2-44)8-1-9(6(3-45)29-51-24-18(40)12(34)13(35)19(41)25(24)52-29)48-30(47-8)7(4-46)31-53-26-20(42)14(36)15(37)21(43)27(26)54-31/h1H. The average Bonchev–Trinajstić information content (AvgIpc) is 3.92. The minimum atomic E-state index is -2.31. The van der Waals surface area contributed by atoms with Gasteiger partial charge in [-0.3, -0.25) is 0 Å². The Bertz CT molecular complexity index is 2680. The predicted octanol–water partition coefficient (Wildman–Crippen LogP) is 2.58. The van der Waals surface area contributed by atoms with E-state index in [2.05, 4.69) is 39.9 Å². The number of hydrogen-bond acceptors (Lipinski definition) is 11. The van der Waals surface area contributed by atoms with Crippen LogP contribution >= 0.6 is 0 Å². The van der Waals surface area contributed by atoms with E-state index in [1.165, 1.54) is 18.2 Å². The molecular weight excluding hydrogens is 754 g/mol. The monoisotopic (exact) mass is 755 g/mol. The van der Waals surface area contributed by atoms with Gasteiger partial charge in [-0.1, -0.05) is 0 Å². The molecule has 264 valence electrons. The van der Waals surface area contributed by atoms with Crippen LogP contribution in [0, 0.1) is 104 Å². The van der Waals surface area contributed by atoms with Crippen LogP contribution in [-0.4, -0.2) is 9.97 Å². The molecule has 0 bridgehead atoms. The third-order valence-electron chi connectivity index (χ3n) is 7.43. The predicted molar refractivity (Wildman–Crippen MR) is 145 cm³/mol. The first-order valence-electron chi connectivity index (χ1n) is 13.8. The van der Waals surface area contributed by atoms with E-state index in [1.807, 2.05) is 0 Å². The van der Waals surface area contributed by atoms with Crippen molar-refractivity contribution >= 4 is 16.7 Å². The van der Waals surface area contributed by atoms with Gasteiger partial charge in [-0.15, -0.1) is 0 Å². The zero-order chi connectivity index (χ0) is 39.1. The molecule has 0 unspecified atom stereocenters. The fourth-order valence-corrected chi connectivity index (χ4v) is 4.94. The lowest BCUT2D eigenvalue weighted by Crippen LogP contribution is -2.32. The molecule has 3 aromatic carbocycles. The molecule has 7 rings (SSSR count). The second-order valence-corrected chi connectivity index (χ2v) is 10.4. The molecule has 0 amide bonds. The van der Waals surface area contributed by atoms with Crippen molar-refractivity contribution in [3.63, 3.8) is 0 Å². The Morgan fingerprint density at radius 3 is 0.796 bits per heavy atom. The van der Waals surface area contributed by atoms with Gasteiger partial charge in [0.05, 0.1) is 11.4 Å². The number of halogens is 12. The van der Waals surface area contributed by atoms with Crippen LogP contribution in [0.25, 0.3) is 16.7 Å². The Balaban J connectivity index is 1.56. The maximum atomic E-state index is 14.5. The highest BCUT2D eigenvalue weighted by atomic mass is 19.2. The van der Waals surface area contributed by atoms with Gasteiger partial charge in [0.15, 0.2) is 93.1 Å². The fourth-order valence-electron chi connectivity index (χ4n) is 4.94. The Morgan fingerprint density at radius 2 is 0.574 bits per heavy atom. The number of nitrogens with zero attached hydrogens (tertiary/aromatic N) is 11. The van der Waals surface area contributed by atoms with Crippen LogP contribution in [0.2, 0.25) is 0 Å². The maximum Gasteiger partial charge on any atom is 0.199 e. The SMILES string of the molecule is N#CC(=C1N=c2c(F)c(F)c(F)c(F)c2=N1)c1cc(C(C#N)=C2N=c3c(F)c(F)c(F)c(F)c3=N2)nc(C(C#N)=C2N=c3c(F)c(F)c(F)c(F)c3=N2)n1. The summed E-state index contributed by atoms with van der Waals surface area (Å²) in [6.07, 6.45) is 0. The average molecular weight is 755 g/mol. The van der Waals surface area contributed by atoms with Gasteiger partial charge in [0.2, 0.25) is 0 Å². The van der Waals surface area contributed by atoms with Gasteiger partial charge in [0.25, 0.3) is 0 Å². The molecule has 0 fully saturated rings. The molecule has 0 saturated heterocycles. The summed E-state index contributed by atoms with van der Waals surface area (Å²) in [4.78, 5) is 28.8.